The Labute approximate surface area is 177 Å². The van der Waals surface area contributed by atoms with Gasteiger partial charge in [-0.3, -0.25) is 4.79 Å². The molecular weight excluding hydrogens is 378 g/mol. The van der Waals surface area contributed by atoms with E-state index in [-0.39, 0.29) is 17.1 Å². The Morgan fingerprint density at radius 1 is 1.17 bits per heavy atom. The summed E-state index contributed by atoms with van der Waals surface area (Å²) in [5.41, 5.74) is 5.02. The van der Waals surface area contributed by atoms with Gasteiger partial charge in [0.25, 0.3) is 5.91 Å². The molecule has 0 unspecified atom stereocenters. The van der Waals surface area contributed by atoms with E-state index >= 15 is 0 Å². The molecule has 0 atom stereocenters. The van der Waals surface area contributed by atoms with E-state index in [1.165, 1.54) is 47.3 Å². The third-order valence-corrected chi connectivity index (χ3v) is 6.43. The Morgan fingerprint density at radius 2 is 1.90 bits per heavy atom. The second kappa shape index (κ2) is 8.83. The fourth-order valence-corrected chi connectivity index (χ4v) is 4.70. The Balaban J connectivity index is 1.69. The monoisotopic (exact) mass is 407 g/mol. The number of aromatic hydroxyl groups is 1. The van der Waals surface area contributed by atoms with Gasteiger partial charge in [-0.25, -0.2) is 0 Å². The van der Waals surface area contributed by atoms with Crippen molar-refractivity contribution in [2.75, 3.05) is 5.32 Å². The lowest BCUT2D eigenvalue weighted by atomic mass is 9.72. The average molecular weight is 408 g/mol. The number of allylic oxidation sites excluding steroid dienone is 5. The molecule has 1 aliphatic rings. The molecule has 1 amide bonds. The summed E-state index contributed by atoms with van der Waals surface area (Å²) in [6.45, 7) is 9.00. The highest BCUT2D eigenvalue weighted by Gasteiger charge is 2.26. The van der Waals surface area contributed by atoms with Crippen molar-refractivity contribution in [3.63, 3.8) is 0 Å². The molecule has 0 aliphatic heterocycles. The SMILES string of the molecule is CC1=C(C=C/C(C)=C/c2ccc(C(=O)Nc3ccc(O)cc3)s2)C(C)(C)CCC1. The molecule has 0 saturated carbocycles. The van der Waals surface area contributed by atoms with Crippen molar-refractivity contribution in [1.29, 1.82) is 0 Å². The predicted octanol–water partition coefficient (Wildman–Crippen LogP) is 7.19. The van der Waals surface area contributed by atoms with Crippen LogP contribution in [0, 0.1) is 5.41 Å². The molecule has 0 bridgehead atoms. The van der Waals surface area contributed by atoms with Crippen LogP contribution in [-0.4, -0.2) is 11.0 Å². The number of thiophene rings is 1. The molecule has 0 fully saturated rings. The molecule has 2 aromatic rings. The molecule has 1 aromatic carbocycles. The zero-order chi connectivity index (χ0) is 21.0. The first-order valence-electron chi connectivity index (χ1n) is 10.0. The molecular formula is C25H29NO2S. The number of nitrogens with one attached hydrogen (secondary N) is 1. The van der Waals surface area contributed by atoms with Crippen molar-refractivity contribution >= 4 is 29.0 Å². The molecule has 2 N–H and O–H groups in total. The van der Waals surface area contributed by atoms with Crippen LogP contribution in [0.3, 0.4) is 0 Å². The number of phenolic OH excluding ortho intramolecular Hbond substituents is 1. The van der Waals surface area contributed by atoms with Gasteiger partial charge in [0.15, 0.2) is 0 Å². The van der Waals surface area contributed by atoms with Crippen LogP contribution >= 0.6 is 11.3 Å². The van der Waals surface area contributed by atoms with Gasteiger partial charge < -0.3 is 10.4 Å². The minimum absolute atomic E-state index is 0.140. The first kappa shape index (κ1) is 21.1. The molecule has 0 saturated heterocycles. The molecule has 4 heteroatoms. The maximum Gasteiger partial charge on any atom is 0.265 e. The third kappa shape index (κ3) is 5.48. The van der Waals surface area contributed by atoms with Gasteiger partial charge in [-0.2, -0.15) is 0 Å². The maximum atomic E-state index is 12.4. The summed E-state index contributed by atoms with van der Waals surface area (Å²) in [4.78, 5) is 14.1. The number of phenols is 1. The quantitative estimate of drug-likeness (QED) is 0.407. The van der Waals surface area contributed by atoms with Gasteiger partial charge in [0.1, 0.15) is 5.75 Å². The average Bonchev–Trinajstić information content (AvgIpc) is 3.11. The summed E-state index contributed by atoms with van der Waals surface area (Å²) < 4.78 is 0. The summed E-state index contributed by atoms with van der Waals surface area (Å²) in [5.74, 6) is 0.0379. The van der Waals surface area contributed by atoms with Gasteiger partial charge in [0, 0.05) is 10.6 Å². The highest BCUT2D eigenvalue weighted by Crippen LogP contribution is 2.40. The van der Waals surface area contributed by atoms with Gasteiger partial charge in [0.2, 0.25) is 0 Å². The van der Waals surface area contributed by atoms with E-state index in [1.54, 1.807) is 24.3 Å². The number of carbonyl (C=O) groups is 1. The van der Waals surface area contributed by atoms with Crippen molar-refractivity contribution < 1.29 is 9.90 Å². The number of rotatable bonds is 5. The summed E-state index contributed by atoms with van der Waals surface area (Å²) in [5, 5.41) is 12.2. The summed E-state index contributed by atoms with van der Waals surface area (Å²) in [7, 11) is 0. The Morgan fingerprint density at radius 3 is 2.59 bits per heavy atom. The van der Waals surface area contributed by atoms with Crippen LogP contribution in [0.2, 0.25) is 0 Å². The van der Waals surface area contributed by atoms with Crippen LogP contribution in [0.15, 0.2) is 65.3 Å². The first-order chi connectivity index (χ1) is 13.7. The van der Waals surface area contributed by atoms with E-state index in [2.05, 4.69) is 51.2 Å². The van der Waals surface area contributed by atoms with Gasteiger partial charge in [-0.05, 0) is 92.1 Å². The molecule has 3 rings (SSSR count). The molecule has 1 aliphatic carbocycles. The molecule has 0 spiro atoms. The second-order valence-electron chi connectivity index (χ2n) is 8.36. The lowest BCUT2D eigenvalue weighted by Crippen LogP contribution is -2.19. The first-order valence-corrected chi connectivity index (χ1v) is 10.8. The van der Waals surface area contributed by atoms with Crippen LogP contribution in [0.5, 0.6) is 5.75 Å². The summed E-state index contributed by atoms with van der Waals surface area (Å²) in [6, 6.07) is 10.3. The second-order valence-corrected chi connectivity index (χ2v) is 9.47. The van der Waals surface area contributed by atoms with Crippen molar-refractivity contribution in [2.45, 2.75) is 47.0 Å². The van der Waals surface area contributed by atoms with E-state index in [9.17, 15) is 9.90 Å². The number of anilines is 1. The van der Waals surface area contributed by atoms with Crippen LogP contribution in [0.25, 0.3) is 6.08 Å². The summed E-state index contributed by atoms with van der Waals surface area (Å²) >= 11 is 1.47. The molecule has 152 valence electrons. The highest BCUT2D eigenvalue weighted by atomic mass is 32.1. The zero-order valence-electron chi connectivity index (χ0n) is 17.6. The minimum Gasteiger partial charge on any atom is -0.508 e. The van der Waals surface area contributed by atoms with E-state index in [0.717, 1.165) is 4.88 Å². The molecule has 0 radical (unpaired) electrons. The zero-order valence-corrected chi connectivity index (χ0v) is 18.4. The number of hydrogen-bond acceptors (Lipinski definition) is 3. The molecule has 1 aromatic heterocycles. The number of hydrogen-bond donors (Lipinski definition) is 2. The van der Waals surface area contributed by atoms with E-state index in [0.29, 0.717) is 10.6 Å². The van der Waals surface area contributed by atoms with Gasteiger partial charge in [-0.1, -0.05) is 31.6 Å². The van der Waals surface area contributed by atoms with Crippen molar-refractivity contribution in [3.05, 3.63) is 75.0 Å². The Kier molecular flexibility index (Phi) is 6.43. The summed E-state index contributed by atoms with van der Waals surface area (Å²) in [6.07, 6.45) is 10.3. The third-order valence-electron chi connectivity index (χ3n) is 5.40. The molecule has 29 heavy (non-hydrogen) atoms. The normalized spacial score (nSPS) is 17.0. The molecule has 3 nitrogen and oxygen atoms in total. The van der Waals surface area contributed by atoms with Crippen LogP contribution in [0.1, 0.15) is 61.5 Å². The van der Waals surface area contributed by atoms with E-state index in [4.69, 9.17) is 0 Å². The van der Waals surface area contributed by atoms with Gasteiger partial charge in [0.05, 0.1) is 4.88 Å². The number of benzene rings is 1. The minimum atomic E-state index is -0.140. The topological polar surface area (TPSA) is 49.3 Å². The molecule has 1 heterocycles. The highest BCUT2D eigenvalue weighted by molar-refractivity contribution is 7.15. The Bertz CT molecular complexity index is 975. The van der Waals surface area contributed by atoms with Gasteiger partial charge in [-0.15, -0.1) is 11.3 Å². The van der Waals surface area contributed by atoms with E-state index < -0.39 is 0 Å². The lowest BCUT2D eigenvalue weighted by molar-refractivity contribution is 0.103. The van der Waals surface area contributed by atoms with Crippen LogP contribution in [-0.2, 0) is 0 Å². The van der Waals surface area contributed by atoms with Gasteiger partial charge >= 0.3 is 0 Å². The number of amides is 1. The van der Waals surface area contributed by atoms with Crippen molar-refractivity contribution in [1.82, 2.24) is 0 Å². The maximum absolute atomic E-state index is 12.4. The fourth-order valence-electron chi connectivity index (χ4n) is 3.79. The Hall–Kier alpha value is -2.59. The van der Waals surface area contributed by atoms with Crippen LogP contribution < -0.4 is 5.32 Å². The standard InChI is InChI=1S/C25H29NO2S/c1-17(7-13-22-18(2)6-5-15-25(22,3)4)16-21-12-14-23(29-21)24(28)26-19-8-10-20(27)11-9-19/h7-14,16,27H,5-6,15H2,1-4H3,(H,26,28)/b13-7?,17-16+. The fraction of sp³-hybridized carbons (Fsp3) is 0.320. The largest absolute Gasteiger partial charge is 0.508 e. The number of carbonyl (C=O) groups excluding carboxylic acids is 1. The smallest absolute Gasteiger partial charge is 0.265 e. The van der Waals surface area contributed by atoms with Crippen molar-refractivity contribution in [3.8, 4) is 5.75 Å². The van der Waals surface area contributed by atoms with Crippen LogP contribution in [0.4, 0.5) is 5.69 Å². The lowest BCUT2D eigenvalue weighted by Gasteiger charge is -2.32. The predicted molar refractivity (Wildman–Crippen MR) is 124 cm³/mol. The van der Waals surface area contributed by atoms with Crippen molar-refractivity contribution in [2.24, 2.45) is 5.41 Å². The van der Waals surface area contributed by atoms with E-state index in [1.807, 2.05) is 12.1 Å².